The average Bonchev–Trinajstić information content (AvgIpc) is 3.25. The summed E-state index contributed by atoms with van der Waals surface area (Å²) in [7, 11) is 0. The fourth-order valence-electron chi connectivity index (χ4n) is 4.65. The van der Waals surface area contributed by atoms with Gasteiger partial charge in [-0.1, -0.05) is 38.5 Å². The summed E-state index contributed by atoms with van der Waals surface area (Å²) in [6.07, 6.45) is 8.67. The first kappa shape index (κ1) is 20.0. The number of hydrogen-bond donors (Lipinski definition) is 1. The Kier molecular flexibility index (Phi) is 4.92. The van der Waals surface area contributed by atoms with Crippen molar-refractivity contribution >= 4 is 33.6 Å². The van der Waals surface area contributed by atoms with Crippen LogP contribution in [0.5, 0.6) is 0 Å². The largest absolute Gasteiger partial charge is 0.312 e. The van der Waals surface area contributed by atoms with Crippen molar-refractivity contribution in [1.82, 2.24) is 29.3 Å². The molecule has 3 atom stereocenters. The molecule has 9 heteroatoms. The highest BCUT2D eigenvalue weighted by molar-refractivity contribution is 7.98. The van der Waals surface area contributed by atoms with Gasteiger partial charge in [-0.2, -0.15) is 4.98 Å². The fourth-order valence-corrected chi connectivity index (χ4v) is 4.97. The number of nitrogens with one attached hydrogen (secondary N) is 1. The zero-order valence-corrected chi connectivity index (χ0v) is 18.5. The van der Waals surface area contributed by atoms with Gasteiger partial charge in [-0.05, 0) is 42.7 Å². The predicted octanol–water partition coefficient (Wildman–Crippen LogP) is 3.54. The average molecular weight is 437 g/mol. The summed E-state index contributed by atoms with van der Waals surface area (Å²) in [6, 6.07) is 5.49. The van der Waals surface area contributed by atoms with Crippen molar-refractivity contribution in [1.29, 1.82) is 0 Å². The standard InChI is InChI=1S/C22H24N6O2S/c1-12-5-4-6-18(13(12)2)27-9-7-16-14(19(27)29)11-15-17(23-16)8-10-28(20(15)30)21-24-22(31-3)26-25-21/h7-13,18H,4-6H2,1-3H3,(H,24,25,26)/t12-,13-,18-/m1/s1. The van der Waals surface area contributed by atoms with E-state index >= 15 is 0 Å². The van der Waals surface area contributed by atoms with Crippen LogP contribution in [-0.4, -0.2) is 35.6 Å². The monoisotopic (exact) mass is 436 g/mol. The quantitative estimate of drug-likeness (QED) is 0.390. The summed E-state index contributed by atoms with van der Waals surface area (Å²) in [6.45, 7) is 4.48. The molecule has 0 spiro atoms. The first-order chi connectivity index (χ1) is 15.0. The van der Waals surface area contributed by atoms with Crippen LogP contribution in [0.15, 0.2) is 45.3 Å². The van der Waals surface area contributed by atoms with E-state index in [1.165, 1.54) is 22.7 Å². The molecule has 31 heavy (non-hydrogen) atoms. The molecule has 1 N–H and O–H groups in total. The van der Waals surface area contributed by atoms with Crippen LogP contribution in [0.2, 0.25) is 0 Å². The minimum Gasteiger partial charge on any atom is -0.312 e. The molecule has 8 nitrogen and oxygen atoms in total. The number of fused-ring (bicyclic) bond motifs is 2. The maximum atomic E-state index is 13.4. The number of aromatic amines is 1. The van der Waals surface area contributed by atoms with Crippen molar-refractivity contribution in [3.63, 3.8) is 0 Å². The molecule has 1 fully saturated rings. The molecule has 0 bridgehead atoms. The van der Waals surface area contributed by atoms with Crippen LogP contribution in [0, 0.1) is 11.8 Å². The lowest BCUT2D eigenvalue weighted by molar-refractivity contribution is 0.183. The highest BCUT2D eigenvalue weighted by atomic mass is 32.2. The Morgan fingerprint density at radius 1 is 1.03 bits per heavy atom. The van der Waals surface area contributed by atoms with Crippen molar-refractivity contribution in [3.05, 3.63) is 51.3 Å². The maximum absolute atomic E-state index is 13.4. The van der Waals surface area contributed by atoms with Gasteiger partial charge in [0.05, 0.1) is 21.8 Å². The SMILES string of the molecule is CSc1n[nH]c(-n2ccc3nc4ccn([C@@H]5CCC[C@@H](C)[C@H]5C)c(=O)c4cc3c2=O)n1. The molecule has 5 rings (SSSR count). The molecule has 1 saturated carbocycles. The van der Waals surface area contributed by atoms with Gasteiger partial charge < -0.3 is 4.57 Å². The van der Waals surface area contributed by atoms with E-state index < -0.39 is 0 Å². The van der Waals surface area contributed by atoms with Crippen molar-refractivity contribution in [2.45, 2.75) is 44.3 Å². The van der Waals surface area contributed by atoms with Crippen LogP contribution >= 0.6 is 11.8 Å². The van der Waals surface area contributed by atoms with E-state index in [9.17, 15) is 9.59 Å². The van der Waals surface area contributed by atoms with E-state index in [1.54, 1.807) is 18.3 Å². The number of pyridine rings is 3. The summed E-state index contributed by atoms with van der Waals surface area (Å²) in [4.78, 5) is 35.5. The number of aromatic nitrogens is 6. The molecule has 4 heterocycles. The minimum absolute atomic E-state index is 0.0861. The van der Waals surface area contributed by atoms with Crippen LogP contribution in [0.3, 0.4) is 0 Å². The lowest BCUT2D eigenvalue weighted by Crippen LogP contribution is -2.33. The van der Waals surface area contributed by atoms with Crippen LogP contribution < -0.4 is 11.1 Å². The molecule has 0 saturated heterocycles. The second kappa shape index (κ2) is 7.64. The highest BCUT2D eigenvalue weighted by Crippen LogP contribution is 2.37. The second-order valence-electron chi connectivity index (χ2n) is 8.35. The third-order valence-corrected chi connectivity index (χ3v) is 7.20. The van der Waals surface area contributed by atoms with Gasteiger partial charge in [-0.25, -0.2) is 10.1 Å². The Morgan fingerprint density at radius 2 is 1.77 bits per heavy atom. The molecule has 0 amide bonds. The molecule has 1 aliphatic rings. The van der Waals surface area contributed by atoms with Crippen molar-refractivity contribution < 1.29 is 0 Å². The predicted molar refractivity (Wildman–Crippen MR) is 122 cm³/mol. The van der Waals surface area contributed by atoms with Gasteiger partial charge in [0, 0.05) is 18.4 Å². The first-order valence-electron chi connectivity index (χ1n) is 10.5. The van der Waals surface area contributed by atoms with Gasteiger partial charge >= 0.3 is 0 Å². The first-order valence-corrected chi connectivity index (χ1v) is 11.7. The maximum Gasteiger partial charge on any atom is 0.266 e. The molecule has 160 valence electrons. The lowest BCUT2D eigenvalue weighted by atomic mass is 9.78. The molecule has 0 aromatic carbocycles. The smallest absolute Gasteiger partial charge is 0.266 e. The Balaban J connectivity index is 1.68. The molecule has 1 aliphatic carbocycles. The third kappa shape index (κ3) is 3.27. The van der Waals surface area contributed by atoms with E-state index in [0.29, 0.717) is 44.7 Å². The van der Waals surface area contributed by atoms with Crippen molar-refractivity contribution in [2.75, 3.05) is 6.26 Å². The van der Waals surface area contributed by atoms with Crippen LogP contribution in [0.25, 0.3) is 27.8 Å². The van der Waals surface area contributed by atoms with Gasteiger partial charge in [0.2, 0.25) is 11.1 Å². The summed E-state index contributed by atoms with van der Waals surface area (Å²) >= 11 is 1.39. The number of nitrogens with zero attached hydrogens (tertiary/aromatic N) is 5. The highest BCUT2D eigenvalue weighted by Gasteiger charge is 2.29. The van der Waals surface area contributed by atoms with Crippen LogP contribution in [-0.2, 0) is 0 Å². The van der Waals surface area contributed by atoms with E-state index in [0.717, 1.165) is 12.8 Å². The molecule has 0 unspecified atom stereocenters. The second-order valence-corrected chi connectivity index (χ2v) is 9.13. The number of rotatable bonds is 3. The Bertz CT molecular complexity index is 1400. The van der Waals surface area contributed by atoms with Crippen molar-refractivity contribution in [3.8, 4) is 5.95 Å². The van der Waals surface area contributed by atoms with Gasteiger partial charge in [-0.15, -0.1) is 5.10 Å². The van der Waals surface area contributed by atoms with Crippen LogP contribution in [0.1, 0.15) is 39.2 Å². The number of thioether (sulfide) groups is 1. The third-order valence-electron chi connectivity index (χ3n) is 6.66. The zero-order chi connectivity index (χ0) is 21.7. The van der Waals surface area contributed by atoms with Gasteiger partial charge in [0.1, 0.15) is 0 Å². The summed E-state index contributed by atoms with van der Waals surface area (Å²) in [5.74, 6) is 1.34. The topological polar surface area (TPSA) is 98.5 Å². The molecule has 0 radical (unpaired) electrons. The number of H-pyrrole nitrogens is 1. The lowest BCUT2D eigenvalue weighted by Gasteiger charge is -2.35. The Morgan fingerprint density at radius 3 is 2.52 bits per heavy atom. The van der Waals surface area contributed by atoms with E-state index in [4.69, 9.17) is 0 Å². The minimum atomic E-state index is -0.287. The van der Waals surface area contributed by atoms with E-state index in [2.05, 4.69) is 34.0 Å². The molecule has 0 aliphatic heterocycles. The Hall–Kier alpha value is -2.94. The zero-order valence-electron chi connectivity index (χ0n) is 17.7. The molecule has 4 aromatic heterocycles. The van der Waals surface area contributed by atoms with Crippen molar-refractivity contribution in [2.24, 2.45) is 11.8 Å². The molecular formula is C22H24N6O2S. The summed E-state index contributed by atoms with van der Waals surface area (Å²) in [5, 5.41) is 8.26. The normalized spacial score (nSPS) is 21.7. The molecule has 4 aromatic rings. The van der Waals surface area contributed by atoms with Gasteiger partial charge in [-0.3, -0.25) is 14.2 Å². The Labute approximate surface area is 182 Å². The fraction of sp³-hybridized carbons (Fsp3) is 0.409. The van der Waals surface area contributed by atoms with E-state index in [1.807, 2.05) is 23.1 Å². The summed E-state index contributed by atoms with van der Waals surface area (Å²) in [5.41, 5.74) is 0.782. The van der Waals surface area contributed by atoms with Crippen LogP contribution in [0.4, 0.5) is 0 Å². The molecular weight excluding hydrogens is 412 g/mol. The summed E-state index contributed by atoms with van der Waals surface area (Å²) < 4.78 is 3.24. The van der Waals surface area contributed by atoms with E-state index in [-0.39, 0.29) is 17.2 Å². The van der Waals surface area contributed by atoms with Gasteiger partial charge in [0.15, 0.2) is 0 Å². The van der Waals surface area contributed by atoms with Gasteiger partial charge in [0.25, 0.3) is 11.1 Å². The number of hydrogen-bond acceptors (Lipinski definition) is 6.